The third-order valence-electron chi connectivity index (χ3n) is 1.88. The van der Waals surface area contributed by atoms with Crippen molar-refractivity contribution < 1.29 is 0 Å². The average molecular weight is 189 g/mol. The lowest BCUT2D eigenvalue weighted by Gasteiger charge is -1.95. The second-order valence-electron chi connectivity index (χ2n) is 2.97. The van der Waals surface area contributed by atoms with Crippen molar-refractivity contribution in [1.29, 1.82) is 0 Å². The first-order chi connectivity index (χ1) is 6.79. The summed E-state index contributed by atoms with van der Waals surface area (Å²) in [6.07, 6.45) is 4.12. The monoisotopic (exact) mass is 189 g/mol. The largest absolute Gasteiger partial charge is 0.397 e. The van der Waals surface area contributed by atoms with E-state index in [0.29, 0.717) is 11.5 Å². The number of anilines is 1. The molecule has 0 aliphatic heterocycles. The van der Waals surface area contributed by atoms with E-state index in [1.54, 1.807) is 18.5 Å². The number of nitrogen functional groups attached to an aromatic ring is 1. The Morgan fingerprint density at radius 2 is 2.29 bits per heavy atom. The fraction of sp³-hybridized carbons (Fsp3) is 0.222. The molecule has 0 amide bonds. The van der Waals surface area contributed by atoms with Gasteiger partial charge in [0.25, 0.3) is 0 Å². The molecule has 5 nitrogen and oxygen atoms in total. The van der Waals surface area contributed by atoms with E-state index in [9.17, 15) is 0 Å². The summed E-state index contributed by atoms with van der Waals surface area (Å²) in [5.41, 5.74) is 7.06. The summed E-state index contributed by atoms with van der Waals surface area (Å²) in [6, 6.07) is 1.80. The predicted molar refractivity (Wildman–Crippen MR) is 53.4 cm³/mol. The van der Waals surface area contributed by atoms with Gasteiger partial charge in [0.1, 0.15) is 5.82 Å². The van der Waals surface area contributed by atoms with Crippen molar-refractivity contribution in [2.75, 3.05) is 5.73 Å². The molecule has 0 aliphatic carbocycles. The van der Waals surface area contributed by atoms with Crippen molar-refractivity contribution in [3.8, 4) is 11.4 Å². The van der Waals surface area contributed by atoms with Gasteiger partial charge in [0.05, 0.1) is 5.69 Å². The second-order valence-corrected chi connectivity index (χ2v) is 2.97. The normalized spacial score (nSPS) is 10.4. The number of pyridine rings is 1. The first kappa shape index (κ1) is 8.68. The Bertz CT molecular complexity index is 434. The van der Waals surface area contributed by atoms with Crippen molar-refractivity contribution in [1.82, 2.24) is 20.2 Å². The fourth-order valence-corrected chi connectivity index (χ4v) is 1.16. The highest BCUT2D eigenvalue weighted by Gasteiger charge is 2.04. The molecule has 0 bridgehead atoms. The van der Waals surface area contributed by atoms with Gasteiger partial charge in [0.15, 0.2) is 5.82 Å². The van der Waals surface area contributed by atoms with Crippen molar-refractivity contribution in [3.63, 3.8) is 0 Å². The van der Waals surface area contributed by atoms with Gasteiger partial charge in [-0.1, -0.05) is 6.92 Å². The molecule has 0 saturated carbocycles. The topological polar surface area (TPSA) is 80.5 Å². The summed E-state index contributed by atoms with van der Waals surface area (Å²) in [6.45, 7) is 2.02. The molecule has 2 aromatic heterocycles. The van der Waals surface area contributed by atoms with Crippen LogP contribution < -0.4 is 5.73 Å². The molecule has 0 fully saturated rings. The zero-order valence-electron chi connectivity index (χ0n) is 7.86. The summed E-state index contributed by atoms with van der Waals surface area (Å²) in [5, 5.41) is 6.91. The maximum atomic E-state index is 5.61. The van der Waals surface area contributed by atoms with Crippen molar-refractivity contribution >= 4 is 5.69 Å². The standard InChI is InChI=1S/C9H11N5/c1-2-8-12-9(14-13-8)6-3-7(10)5-11-4-6/h3-5H,2,10H2,1H3,(H,12,13,14). The van der Waals surface area contributed by atoms with E-state index in [0.717, 1.165) is 17.8 Å². The van der Waals surface area contributed by atoms with Crippen LogP contribution in [0.4, 0.5) is 5.69 Å². The molecule has 3 N–H and O–H groups in total. The molecule has 14 heavy (non-hydrogen) atoms. The number of rotatable bonds is 2. The highest BCUT2D eigenvalue weighted by Crippen LogP contribution is 2.15. The second kappa shape index (κ2) is 3.45. The number of nitrogens with one attached hydrogen (secondary N) is 1. The third-order valence-corrected chi connectivity index (χ3v) is 1.88. The van der Waals surface area contributed by atoms with Crippen LogP contribution in [0.3, 0.4) is 0 Å². The number of nitrogens with zero attached hydrogens (tertiary/aromatic N) is 3. The van der Waals surface area contributed by atoms with Crippen LogP contribution >= 0.6 is 0 Å². The molecule has 2 rings (SSSR count). The van der Waals surface area contributed by atoms with E-state index in [1.807, 2.05) is 6.92 Å². The van der Waals surface area contributed by atoms with Gasteiger partial charge in [-0.15, -0.1) is 0 Å². The highest BCUT2D eigenvalue weighted by atomic mass is 15.2. The van der Waals surface area contributed by atoms with E-state index in [4.69, 9.17) is 5.73 Å². The van der Waals surface area contributed by atoms with Crippen LogP contribution in [0, 0.1) is 0 Å². The zero-order valence-corrected chi connectivity index (χ0v) is 7.86. The Balaban J connectivity index is 2.39. The predicted octanol–water partition coefficient (Wildman–Crippen LogP) is 1.01. The lowest BCUT2D eigenvalue weighted by Crippen LogP contribution is -1.89. The SMILES string of the molecule is CCc1nc(-c2cncc(N)c2)n[nH]1. The Kier molecular flexibility index (Phi) is 2.14. The lowest BCUT2D eigenvalue weighted by molar-refractivity contribution is 0.946. The first-order valence-electron chi connectivity index (χ1n) is 4.41. The first-order valence-corrected chi connectivity index (χ1v) is 4.41. The van der Waals surface area contributed by atoms with Gasteiger partial charge < -0.3 is 5.73 Å². The Morgan fingerprint density at radius 3 is 2.93 bits per heavy atom. The number of aromatic nitrogens is 4. The summed E-state index contributed by atoms with van der Waals surface area (Å²) < 4.78 is 0. The number of nitrogens with two attached hydrogens (primary N) is 1. The van der Waals surface area contributed by atoms with Gasteiger partial charge in [-0.2, -0.15) is 5.10 Å². The average Bonchev–Trinajstić information content (AvgIpc) is 2.66. The number of hydrogen-bond acceptors (Lipinski definition) is 4. The maximum Gasteiger partial charge on any atom is 0.182 e. The summed E-state index contributed by atoms with van der Waals surface area (Å²) >= 11 is 0. The summed E-state index contributed by atoms with van der Waals surface area (Å²) in [5.74, 6) is 1.50. The molecule has 0 spiro atoms. The van der Waals surface area contributed by atoms with Crippen LogP contribution in [0.2, 0.25) is 0 Å². The molecule has 0 aromatic carbocycles. The smallest absolute Gasteiger partial charge is 0.182 e. The minimum atomic E-state index is 0.616. The molecule has 2 aromatic rings. The van der Waals surface area contributed by atoms with Crippen LogP contribution in [-0.4, -0.2) is 20.2 Å². The Labute approximate surface area is 81.4 Å². The van der Waals surface area contributed by atoms with Crippen LogP contribution in [0.15, 0.2) is 18.5 Å². The van der Waals surface area contributed by atoms with Crippen molar-refractivity contribution in [3.05, 3.63) is 24.3 Å². The van der Waals surface area contributed by atoms with E-state index < -0.39 is 0 Å². The van der Waals surface area contributed by atoms with E-state index in [-0.39, 0.29) is 0 Å². The molecular weight excluding hydrogens is 178 g/mol. The van der Waals surface area contributed by atoms with E-state index in [2.05, 4.69) is 20.2 Å². The molecule has 0 atom stereocenters. The molecule has 0 aliphatic rings. The molecule has 5 heteroatoms. The molecule has 0 radical (unpaired) electrons. The Hall–Kier alpha value is -1.91. The maximum absolute atomic E-state index is 5.61. The summed E-state index contributed by atoms with van der Waals surface area (Å²) in [4.78, 5) is 8.25. The lowest BCUT2D eigenvalue weighted by atomic mass is 10.2. The van der Waals surface area contributed by atoms with Crippen LogP contribution in [0.1, 0.15) is 12.7 Å². The van der Waals surface area contributed by atoms with Crippen molar-refractivity contribution in [2.24, 2.45) is 0 Å². The van der Waals surface area contributed by atoms with Gasteiger partial charge >= 0.3 is 0 Å². The number of hydrogen-bond donors (Lipinski definition) is 2. The van der Waals surface area contributed by atoms with Crippen LogP contribution in [0.25, 0.3) is 11.4 Å². The van der Waals surface area contributed by atoms with Gasteiger partial charge in [-0.3, -0.25) is 10.1 Å². The zero-order chi connectivity index (χ0) is 9.97. The summed E-state index contributed by atoms with van der Waals surface area (Å²) in [7, 11) is 0. The quantitative estimate of drug-likeness (QED) is 0.738. The molecule has 2 heterocycles. The minimum absolute atomic E-state index is 0.616. The van der Waals surface area contributed by atoms with Crippen LogP contribution in [0.5, 0.6) is 0 Å². The molecule has 0 unspecified atom stereocenters. The minimum Gasteiger partial charge on any atom is -0.397 e. The molecule has 0 saturated heterocycles. The van der Waals surface area contributed by atoms with Crippen LogP contribution in [-0.2, 0) is 6.42 Å². The fourth-order valence-electron chi connectivity index (χ4n) is 1.16. The van der Waals surface area contributed by atoms with Gasteiger partial charge in [0, 0.05) is 24.4 Å². The number of aromatic amines is 1. The highest BCUT2D eigenvalue weighted by molar-refractivity contribution is 5.58. The number of aryl methyl sites for hydroxylation is 1. The Morgan fingerprint density at radius 1 is 1.43 bits per heavy atom. The van der Waals surface area contributed by atoms with E-state index >= 15 is 0 Å². The van der Waals surface area contributed by atoms with E-state index in [1.165, 1.54) is 0 Å². The van der Waals surface area contributed by atoms with Gasteiger partial charge in [0.2, 0.25) is 0 Å². The van der Waals surface area contributed by atoms with Gasteiger partial charge in [-0.05, 0) is 6.07 Å². The number of H-pyrrole nitrogens is 1. The molecular formula is C9H11N5. The third kappa shape index (κ3) is 1.56. The van der Waals surface area contributed by atoms with Gasteiger partial charge in [-0.25, -0.2) is 4.98 Å². The van der Waals surface area contributed by atoms with Crippen molar-refractivity contribution in [2.45, 2.75) is 13.3 Å². The molecule has 72 valence electrons.